The van der Waals surface area contributed by atoms with Crippen LogP contribution in [0.5, 0.6) is 5.75 Å². The minimum Gasteiger partial charge on any atom is -0.483 e. The van der Waals surface area contributed by atoms with Crippen LogP contribution >= 0.6 is 34.7 Å². The zero-order valence-electron chi connectivity index (χ0n) is 22.1. The number of nitrogens with one attached hydrogen (secondary N) is 1. The fraction of sp³-hybridized carbons (Fsp3) is 0.241. The predicted molar refractivity (Wildman–Crippen MR) is 160 cm³/mol. The van der Waals surface area contributed by atoms with E-state index >= 15 is 0 Å². The molecule has 5 rings (SSSR count). The van der Waals surface area contributed by atoms with Gasteiger partial charge in [0.25, 0.3) is 0 Å². The lowest BCUT2D eigenvalue weighted by molar-refractivity contribution is -0.113. The summed E-state index contributed by atoms with van der Waals surface area (Å²) in [6.45, 7) is 8.63. The van der Waals surface area contributed by atoms with E-state index in [1.165, 1.54) is 22.0 Å². The second-order valence-corrected chi connectivity index (χ2v) is 11.5. The number of thiazole rings is 1. The minimum absolute atomic E-state index is 0.114. The van der Waals surface area contributed by atoms with Gasteiger partial charge in [0.1, 0.15) is 10.8 Å². The van der Waals surface area contributed by atoms with Gasteiger partial charge in [0.2, 0.25) is 5.91 Å². The SMILES string of the molecule is CCn1c(SCC(=O)Nc2ccc(-c3nc4ccc(C)cc4s3)cc2)nnc1C(C)Oc1ccc(Cl)c(C)c1. The van der Waals surface area contributed by atoms with Crippen LogP contribution in [0.4, 0.5) is 5.69 Å². The molecule has 0 radical (unpaired) electrons. The molecule has 0 aliphatic rings. The van der Waals surface area contributed by atoms with Gasteiger partial charge < -0.3 is 14.6 Å². The minimum atomic E-state index is -0.320. The van der Waals surface area contributed by atoms with Gasteiger partial charge in [0.15, 0.2) is 17.1 Å². The second-order valence-electron chi connectivity index (χ2n) is 9.16. The van der Waals surface area contributed by atoms with E-state index in [0.29, 0.717) is 28.3 Å². The summed E-state index contributed by atoms with van der Waals surface area (Å²) in [7, 11) is 0. The number of hydrogen-bond donors (Lipinski definition) is 1. The van der Waals surface area contributed by atoms with E-state index in [0.717, 1.165) is 27.3 Å². The Labute approximate surface area is 240 Å². The molecule has 1 unspecified atom stereocenters. The summed E-state index contributed by atoms with van der Waals surface area (Å²) in [5.41, 5.74) is 4.92. The molecule has 5 aromatic rings. The molecule has 0 saturated heterocycles. The third kappa shape index (κ3) is 6.27. The van der Waals surface area contributed by atoms with Gasteiger partial charge in [-0.05, 0) is 93.4 Å². The van der Waals surface area contributed by atoms with E-state index in [2.05, 4.69) is 34.6 Å². The molecule has 0 spiro atoms. The zero-order chi connectivity index (χ0) is 27.5. The molecule has 10 heteroatoms. The number of aromatic nitrogens is 4. The van der Waals surface area contributed by atoms with Crippen molar-refractivity contribution < 1.29 is 9.53 Å². The summed E-state index contributed by atoms with van der Waals surface area (Å²) in [5, 5.41) is 14.0. The van der Waals surface area contributed by atoms with Crippen LogP contribution in [0.1, 0.15) is 36.9 Å². The normalized spacial score (nSPS) is 12.0. The number of thioether (sulfide) groups is 1. The Balaban J connectivity index is 1.19. The Hall–Kier alpha value is -3.40. The van der Waals surface area contributed by atoms with E-state index in [-0.39, 0.29) is 17.8 Å². The molecule has 200 valence electrons. The van der Waals surface area contributed by atoms with Crippen LogP contribution in [0.15, 0.2) is 65.8 Å². The van der Waals surface area contributed by atoms with Gasteiger partial charge in [0.05, 0.1) is 16.0 Å². The molecular weight excluding hydrogens is 550 g/mol. The van der Waals surface area contributed by atoms with E-state index in [1.807, 2.05) is 73.9 Å². The van der Waals surface area contributed by atoms with Gasteiger partial charge in [-0.2, -0.15) is 0 Å². The van der Waals surface area contributed by atoms with Gasteiger partial charge >= 0.3 is 0 Å². The maximum Gasteiger partial charge on any atom is 0.234 e. The number of aryl methyl sites for hydroxylation is 2. The first kappa shape index (κ1) is 27.2. The topological polar surface area (TPSA) is 81.9 Å². The molecule has 3 aromatic carbocycles. The average Bonchev–Trinajstić information content (AvgIpc) is 3.53. The first-order valence-electron chi connectivity index (χ1n) is 12.6. The molecule has 0 aliphatic heterocycles. The first-order valence-corrected chi connectivity index (χ1v) is 14.7. The van der Waals surface area contributed by atoms with Crippen LogP contribution in [-0.2, 0) is 11.3 Å². The van der Waals surface area contributed by atoms with Gasteiger partial charge in [-0.25, -0.2) is 4.98 Å². The van der Waals surface area contributed by atoms with Crippen molar-refractivity contribution in [3.05, 3.63) is 82.6 Å². The van der Waals surface area contributed by atoms with Crippen LogP contribution in [0.3, 0.4) is 0 Å². The lowest BCUT2D eigenvalue weighted by Crippen LogP contribution is -2.15. The number of benzene rings is 3. The smallest absolute Gasteiger partial charge is 0.234 e. The quantitative estimate of drug-likeness (QED) is 0.181. The number of halogens is 1. The number of ether oxygens (including phenoxy) is 1. The Morgan fingerprint density at radius 2 is 1.90 bits per heavy atom. The maximum atomic E-state index is 12.7. The molecule has 0 fully saturated rings. The van der Waals surface area contributed by atoms with Crippen LogP contribution < -0.4 is 10.1 Å². The van der Waals surface area contributed by atoms with Crippen molar-refractivity contribution in [3.63, 3.8) is 0 Å². The van der Waals surface area contributed by atoms with Crippen LogP contribution in [0.25, 0.3) is 20.8 Å². The van der Waals surface area contributed by atoms with Crippen LogP contribution in [-0.4, -0.2) is 31.4 Å². The van der Waals surface area contributed by atoms with Crippen LogP contribution in [0, 0.1) is 13.8 Å². The number of amides is 1. The third-order valence-electron chi connectivity index (χ3n) is 6.16. The van der Waals surface area contributed by atoms with Crippen molar-refractivity contribution in [1.29, 1.82) is 0 Å². The Morgan fingerprint density at radius 1 is 1.10 bits per heavy atom. The average molecular weight is 578 g/mol. The highest BCUT2D eigenvalue weighted by Crippen LogP contribution is 2.32. The number of rotatable bonds is 9. The molecule has 2 aromatic heterocycles. The summed E-state index contributed by atoms with van der Waals surface area (Å²) in [6, 6.07) is 19.6. The zero-order valence-corrected chi connectivity index (χ0v) is 24.5. The fourth-order valence-electron chi connectivity index (χ4n) is 4.13. The molecule has 7 nitrogen and oxygen atoms in total. The van der Waals surface area contributed by atoms with Gasteiger partial charge in [-0.3, -0.25) is 4.79 Å². The first-order chi connectivity index (χ1) is 18.8. The number of hydrogen-bond acceptors (Lipinski definition) is 7. The lowest BCUT2D eigenvalue weighted by Gasteiger charge is -2.16. The lowest BCUT2D eigenvalue weighted by atomic mass is 10.2. The fourth-order valence-corrected chi connectivity index (χ4v) is 6.13. The Bertz CT molecular complexity index is 1630. The van der Waals surface area contributed by atoms with Crippen molar-refractivity contribution in [2.45, 2.75) is 45.5 Å². The molecule has 0 aliphatic carbocycles. The van der Waals surface area contributed by atoms with Crippen molar-refractivity contribution in [3.8, 4) is 16.3 Å². The van der Waals surface area contributed by atoms with Crippen molar-refractivity contribution in [2.24, 2.45) is 0 Å². The van der Waals surface area contributed by atoms with Crippen molar-refractivity contribution in [1.82, 2.24) is 19.7 Å². The molecule has 39 heavy (non-hydrogen) atoms. The Kier molecular flexibility index (Phi) is 8.20. The van der Waals surface area contributed by atoms with Crippen molar-refractivity contribution >= 4 is 56.5 Å². The highest BCUT2D eigenvalue weighted by molar-refractivity contribution is 7.99. The van der Waals surface area contributed by atoms with E-state index < -0.39 is 0 Å². The number of anilines is 1. The van der Waals surface area contributed by atoms with Gasteiger partial charge in [0, 0.05) is 22.8 Å². The summed E-state index contributed by atoms with van der Waals surface area (Å²) < 4.78 is 9.23. The van der Waals surface area contributed by atoms with Crippen molar-refractivity contribution in [2.75, 3.05) is 11.1 Å². The summed E-state index contributed by atoms with van der Waals surface area (Å²) in [5.74, 6) is 1.51. The summed E-state index contributed by atoms with van der Waals surface area (Å²) >= 11 is 9.14. The predicted octanol–water partition coefficient (Wildman–Crippen LogP) is 7.72. The van der Waals surface area contributed by atoms with Gasteiger partial charge in [-0.1, -0.05) is 29.4 Å². The molecule has 1 atom stereocenters. The number of carbonyl (C=O) groups excluding carboxylic acids is 1. The maximum absolute atomic E-state index is 12.7. The molecule has 0 saturated carbocycles. The molecule has 1 N–H and O–H groups in total. The molecular formula is C29H28ClN5O2S2. The number of carbonyl (C=O) groups is 1. The largest absolute Gasteiger partial charge is 0.483 e. The van der Waals surface area contributed by atoms with E-state index in [1.54, 1.807) is 11.3 Å². The standard InChI is InChI=1S/C29H28ClN5O2S2/c1-5-35-27(19(4)37-22-11-12-23(30)18(3)15-22)33-34-29(35)38-16-26(36)31-21-9-7-20(8-10-21)28-32-24-13-6-17(2)14-25(24)39-28/h6-15,19H,5,16H2,1-4H3,(H,31,36). The molecule has 2 heterocycles. The second kappa shape index (κ2) is 11.8. The molecule has 1 amide bonds. The highest BCUT2D eigenvalue weighted by atomic mass is 35.5. The number of fused-ring (bicyclic) bond motifs is 1. The monoisotopic (exact) mass is 577 g/mol. The third-order valence-corrected chi connectivity index (χ3v) is 8.62. The summed E-state index contributed by atoms with van der Waals surface area (Å²) in [4.78, 5) is 17.4. The number of nitrogens with zero attached hydrogens (tertiary/aromatic N) is 4. The van der Waals surface area contributed by atoms with E-state index in [9.17, 15) is 4.79 Å². The van der Waals surface area contributed by atoms with Crippen LogP contribution in [0.2, 0.25) is 5.02 Å². The van der Waals surface area contributed by atoms with Gasteiger partial charge in [-0.15, -0.1) is 21.5 Å². The molecule has 0 bridgehead atoms. The summed E-state index contributed by atoms with van der Waals surface area (Å²) in [6.07, 6.45) is -0.320. The van der Waals surface area contributed by atoms with E-state index in [4.69, 9.17) is 21.3 Å². The highest BCUT2D eigenvalue weighted by Gasteiger charge is 2.20. The Morgan fingerprint density at radius 3 is 2.64 bits per heavy atom.